The van der Waals surface area contributed by atoms with Gasteiger partial charge in [-0.15, -0.1) is 22.7 Å². The third-order valence-corrected chi connectivity index (χ3v) is 6.12. The molecule has 0 aliphatic carbocycles. The molecule has 0 radical (unpaired) electrons. The molecule has 0 aliphatic rings. The van der Waals surface area contributed by atoms with Crippen LogP contribution < -0.4 is 5.32 Å². The number of thiazole rings is 1. The van der Waals surface area contributed by atoms with Crippen molar-refractivity contribution in [1.29, 1.82) is 0 Å². The summed E-state index contributed by atoms with van der Waals surface area (Å²) in [5.41, 5.74) is 4.47. The van der Waals surface area contributed by atoms with Crippen LogP contribution in [0.5, 0.6) is 0 Å². The third-order valence-electron chi connectivity index (χ3n) is 4.41. The van der Waals surface area contributed by atoms with Crippen molar-refractivity contribution in [1.82, 2.24) is 34.7 Å². The summed E-state index contributed by atoms with van der Waals surface area (Å²) in [6.07, 6.45) is 11.0. The predicted octanol–water partition coefficient (Wildman–Crippen LogP) is 3.24. The van der Waals surface area contributed by atoms with E-state index in [0.717, 1.165) is 32.9 Å². The second kappa shape index (κ2) is 7.22. The molecule has 0 bridgehead atoms. The number of carbonyl (C=O) groups excluding carboxylic acids is 1. The lowest BCUT2D eigenvalue weighted by Gasteiger charge is -2.00. The van der Waals surface area contributed by atoms with Crippen LogP contribution in [0.3, 0.4) is 0 Å². The molecule has 5 aromatic rings. The van der Waals surface area contributed by atoms with Crippen LogP contribution >= 0.6 is 22.7 Å². The smallest absolute Gasteiger partial charge is 0.261 e. The van der Waals surface area contributed by atoms with Gasteiger partial charge in [0, 0.05) is 53.9 Å². The molecule has 5 heterocycles. The van der Waals surface area contributed by atoms with Gasteiger partial charge in [0.05, 0.1) is 23.8 Å². The van der Waals surface area contributed by atoms with Crippen molar-refractivity contribution in [2.45, 2.75) is 6.54 Å². The topological polar surface area (TPSA) is 90.0 Å². The molecule has 5 aromatic heterocycles. The summed E-state index contributed by atoms with van der Waals surface area (Å²) in [7, 11) is 1.88. The number of hydrogen-bond donors (Lipinski definition) is 1. The van der Waals surface area contributed by atoms with Crippen LogP contribution in [-0.4, -0.2) is 35.3 Å². The molecule has 144 valence electrons. The number of aryl methyl sites for hydroxylation is 1. The Bertz CT molecular complexity index is 1300. The lowest BCUT2D eigenvalue weighted by atomic mass is 10.1. The summed E-state index contributed by atoms with van der Waals surface area (Å²) in [6, 6.07) is 1.87. The van der Waals surface area contributed by atoms with Gasteiger partial charge in [0.15, 0.2) is 5.65 Å². The number of amides is 1. The Morgan fingerprint density at radius 3 is 2.76 bits per heavy atom. The highest BCUT2D eigenvalue weighted by molar-refractivity contribution is 7.12. The number of thiophene rings is 1. The normalized spacial score (nSPS) is 11.2. The second-order valence-corrected chi connectivity index (χ2v) is 8.27. The summed E-state index contributed by atoms with van der Waals surface area (Å²) in [6.45, 7) is 0.430. The first-order valence-corrected chi connectivity index (χ1v) is 10.5. The molecular weight excluding hydrogens is 406 g/mol. The first-order valence-electron chi connectivity index (χ1n) is 8.75. The van der Waals surface area contributed by atoms with Crippen LogP contribution in [-0.2, 0) is 13.6 Å². The Morgan fingerprint density at radius 1 is 1.07 bits per heavy atom. The third kappa shape index (κ3) is 3.43. The molecule has 0 aromatic carbocycles. The molecule has 0 spiro atoms. The van der Waals surface area contributed by atoms with Crippen LogP contribution in [0.15, 0.2) is 54.0 Å². The maximum absolute atomic E-state index is 12.4. The van der Waals surface area contributed by atoms with E-state index >= 15 is 0 Å². The van der Waals surface area contributed by atoms with Gasteiger partial charge < -0.3 is 5.32 Å². The first-order chi connectivity index (χ1) is 14.2. The molecule has 0 fully saturated rings. The molecule has 1 amide bonds. The van der Waals surface area contributed by atoms with Crippen LogP contribution in [0.25, 0.3) is 27.9 Å². The van der Waals surface area contributed by atoms with Crippen LogP contribution in [0.1, 0.15) is 14.7 Å². The fourth-order valence-corrected chi connectivity index (χ4v) is 4.36. The van der Waals surface area contributed by atoms with Crippen molar-refractivity contribution in [2.75, 3.05) is 0 Å². The zero-order valence-electron chi connectivity index (χ0n) is 15.3. The molecular formula is C19H15N7OS2. The summed E-state index contributed by atoms with van der Waals surface area (Å²) in [5.74, 6) is -0.111. The van der Waals surface area contributed by atoms with E-state index in [4.69, 9.17) is 0 Å². The maximum Gasteiger partial charge on any atom is 0.261 e. The second-order valence-electron chi connectivity index (χ2n) is 6.38. The van der Waals surface area contributed by atoms with Gasteiger partial charge in [0.1, 0.15) is 5.01 Å². The first kappa shape index (κ1) is 17.7. The zero-order chi connectivity index (χ0) is 19.8. The molecule has 1 N–H and O–H groups in total. The van der Waals surface area contributed by atoms with Gasteiger partial charge in [-0.2, -0.15) is 10.2 Å². The van der Waals surface area contributed by atoms with Crippen LogP contribution in [0, 0.1) is 0 Å². The monoisotopic (exact) mass is 421 g/mol. The van der Waals surface area contributed by atoms with Crippen LogP contribution in [0.4, 0.5) is 0 Å². The van der Waals surface area contributed by atoms with Crippen LogP contribution in [0.2, 0.25) is 0 Å². The minimum absolute atomic E-state index is 0.111. The molecule has 0 saturated heterocycles. The quantitative estimate of drug-likeness (QED) is 0.470. The number of hydrogen-bond acceptors (Lipinski definition) is 7. The van der Waals surface area contributed by atoms with Crippen molar-refractivity contribution >= 4 is 34.2 Å². The number of fused-ring (bicyclic) bond motifs is 1. The number of nitrogens with zero attached hydrogens (tertiary/aromatic N) is 6. The van der Waals surface area contributed by atoms with E-state index in [9.17, 15) is 4.79 Å². The van der Waals surface area contributed by atoms with E-state index in [1.807, 2.05) is 42.5 Å². The van der Waals surface area contributed by atoms with E-state index in [2.05, 4.69) is 25.5 Å². The summed E-state index contributed by atoms with van der Waals surface area (Å²) >= 11 is 2.92. The number of carbonyl (C=O) groups is 1. The maximum atomic E-state index is 12.4. The summed E-state index contributed by atoms with van der Waals surface area (Å²) in [5, 5.41) is 16.3. The summed E-state index contributed by atoms with van der Waals surface area (Å²) in [4.78, 5) is 21.8. The van der Waals surface area contributed by atoms with Crippen molar-refractivity contribution in [3.8, 4) is 22.3 Å². The average Bonchev–Trinajstić information content (AvgIpc) is 3.52. The van der Waals surface area contributed by atoms with E-state index in [1.165, 1.54) is 22.7 Å². The fourth-order valence-electron chi connectivity index (χ4n) is 2.98. The number of aromatic nitrogens is 6. The van der Waals surface area contributed by atoms with Crippen molar-refractivity contribution in [3.63, 3.8) is 0 Å². The SMILES string of the molecule is Cn1cc(-c2cnc3c(-c4csc(C(=O)NCc5nccs5)c4)cnn3c2)cn1. The highest BCUT2D eigenvalue weighted by Gasteiger charge is 2.15. The Morgan fingerprint density at radius 2 is 1.97 bits per heavy atom. The summed E-state index contributed by atoms with van der Waals surface area (Å²) < 4.78 is 3.50. The van der Waals surface area contributed by atoms with Gasteiger partial charge in [-0.05, 0) is 17.0 Å². The highest BCUT2D eigenvalue weighted by atomic mass is 32.1. The molecule has 8 nitrogen and oxygen atoms in total. The van der Waals surface area contributed by atoms with Gasteiger partial charge in [0.2, 0.25) is 0 Å². The van der Waals surface area contributed by atoms with E-state index < -0.39 is 0 Å². The Hall–Kier alpha value is -3.37. The molecule has 0 saturated carbocycles. The number of rotatable bonds is 5. The largest absolute Gasteiger partial charge is 0.345 e. The van der Waals surface area contributed by atoms with Gasteiger partial charge in [-0.1, -0.05) is 0 Å². The standard InChI is InChI=1S/C19H15N7OS2/c1-25-9-14(6-23-25)13-5-21-18-15(7-24-26(18)10-13)12-4-16(29-11-12)19(27)22-8-17-20-2-3-28-17/h2-7,9-11H,8H2,1H3,(H,22,27). The van der Waals surface area contributed by atoms with E-state index in [1.54, 1.807) is 27.8 Å². The van der Waals surface area contributed by atoms with Gasteiger partial charge >= 0.3 is 0 Å². The van der Waals surface area contributed by atoms with Gasteiger partial charge in [-0.3, -0.25) is 9.48 Å². The van der Waals surface area contributed by atoms with Gasteiger partial charge in [0.25, 0.3) is 5.91 Å². The molecule has 0 aliphatic heterocycles. The fraction of sp³-hybridized carbons (Fsp3) is 0.105. The predicted molar refractivity (Wildman–Crippen MR) is 112 cm³/mol. The molecule has 0 unspecified atom stereocenters. The minimum atomic E-state index is -0.111. The van der Waals surface area contributed by atoms with Crippen molar-refractivity contribution in [3.05, 3.63) is 63.9 Å². The molecule has 5 rings (SSSR count). The zero-order valence-corrected chi connectivity index (χ0v) is 16.9. The Labute approximate surface area is 173 Å². The van der Waals surface area contributed by atoms with Crippen molar-refractivity contribution < 1.29 is 4.79 Å². The van der Waals surface area contributed by atoms with Gasteiger partial charge in [-0.25, -0.2) is 14.5 Å². The molecule has 29 heavy (non-hydrogen) atoms. The Balaban J connectivity index is 1.39. The lowest BCUT2D eigenvalue weighted by molar-refractivity contribution is 0.0955. The Kier molecular flexibility index (Phi) is 4.41. The average molecular weight is 422 g/mol. The molecule has 10 heteroatoms. The van der Waals surface area contributed by atoms with E-state index in [0.29, 0.717) is 11.4 Å². The van der Waals surface area contributed by atoms with E-state index in [-0.39, 0.29) is 5.91 Å². The van der Waals surface area contributed by atoms with Crippen molar-refractivity contribution in [2.24, 2.45) is 7.05 Å². The molecule has 0 atom stereocenters. The number of nitrogens with one attached hydrogen (secondary N) is 1. The lowest BCUT2D eigenvalue weighted by Crippen LogP contribution is -2.21. The highest BCUT2D eigenvalue weighted by Crippen LogP contribution is 2.29. The minimum Gasteiger partial charge on any atom is -0.345 e.